The van der Waals surface area contributed by atoms with Crippen LogP contribution in [0.1, 0.15) is 6.92 Å². The van der Waals surface area contributed by atoms with Crippen molar-refractivity contribution in [2.24, 2.45) is 0 Å². The molecule has 0 bridgehead atoms. The van der Waals surface area contributed by atoms with Crippen LogP contribution < -0.4 is 9.64 Å². The number of benzene rings is 4. The number of carbonyl (C=O) groups excluding carboxylic acids is 1. The molecule has 4 aromatic rings. The third-order valence-corrected chi connectivity index (χ3v) is 5.31. The Bertz CT molecular complexity index is 1160. The van der Waals surface area contributed by atoms with E-state index in [0.29, 0.717) is 0 Å². The molecule has 0 saturated heterocycles. The number of ether oxygens (including phenoxy) is 2. The molecule has 4 rings (SSSR count). The Hall–Kier alpha value is -4.31. The molecular formula is C30H27NO3. The minimum absolute atomic E-state index is 0.280. The van der Waals surface area contributed by atoms with Crippen molar-refractivity contribution in [3.05, 3.63) is 122 Å². The van der Waals surface area contributed by atoms with Crippen molar-refractivity contribution in [1.29, 1.82) is 0 Å². The number of nitrogens with zero attached hydrogens (tertiary/aromatic N) is 1. The molecule has 1 atom stereocenters. The van der Waals surface area contributed by atoms with Gasteiger partial charge in [0.15, 0.2) is 0 Å². The van der Waals surface area contributed by atoms with Gasteiger partial charge in [-0.25, -0.2) is 4.79 Å². The molecular weight excluding hydrogens is 422 g/mol. The molecule has 0 spiro atoms. The van der Waals surface area contributed by atoms with E-state index in [1.54, 1.807) is 6.92 Å². The molecule has 0 fully saturated rings. The van der Waals surface area contributed by atoms with Crippen LogP contribution in [0.5, 0.6) is 5.75 Å². The minimum atomic E-state index is -0.451. The van der Waals surface area contributed by atoms with Crippen molar-refractivity contribution < 1.29 is 14.3 Å². The van der Waals surface area contributed by atoms with Crippen molar-refractivity contribution in [2.45, 2.75) is 13.0 Å². The first-order valence-corrected chi connectivity index (χ1v) is 11.2. The molecule has 0 saturated carbocycles. The summed E-state index contributed by atoms with van der Waals surface area (Å²) in [5.74, 6) is 0.272. The van der Waals surface area contributed by atoms with Crippen LogP contribution in [0, 0.1) is 0 Å². The predicted octanol–water partition coefficient (Wildman–Crippen LogP) is 7.32. The molecule has 0 heterocycles. The Morgan fingerprint density at radius 3 is 1.74 bits per heavy atom. The predicted molar refractivity (Wildman–Crippen MR) is 138 cm³/mol. The second-order valence-corrected chi connectivity index (χ2v) is 7.84. The fraction of sp³-hybridized carbons (Fsp3) is 0.100. The van der Waals surface area contributed by atoms with Gasteiger partial charge in [-0.1, -0.05) is 67.2 Å². The Kier molecular flexibility index (Phi) is 7.41. The maximum Gasteiger partial charge on any atom is 0.330 e. The molecule has 4 heteroatoms. The summed E-state index contributed by atoms with van der Waals surface area (Å²) in [7, 11) is 0. The van der Waals surface area contributed by atoms with Crippen molar-refractivity contribution in [2.75, 3.05) is 11.5 Å². The largest absolute Gasteiger partial charge is 0.490 e. The first-order valence-electron chi connectivity index (χ1n) is 11.2. The Morgan fingerprint density at radius 2 is 1.24 bits per heavy atom. The smallest absolute Gasteiger partial charge is 0.330 e. The number of rotatable bonds is 9. The highest BCUT2D eigenvalue weighted by Crippen LogP contribution is 2.35. The fourth-order valence-corrected chi connectivity index (χ4v) is 3.64. The van der Waals surface area contributed by atoms with Crippen LogP contribution in [0.4, 0.5) is 17.1 Å². The molecule has 0 aliphatic rings. The third-order valence-electron chi connectivity index (χ3n) is 5.31. The summed E-state index contributed by atoms with van der Waals surface area (Å²) in [6.45, 7) is 5.46. The lowest BCUT2D eigenvalue weighted by atomic mass is 10.0. The highest BCUT2D eigenvalue weighted by atomic mass is 16.6. The zero-order valence-electron chi connectivity index (χ0n) is 19.1. The fourth-order valence-electron chi connectivity index (χ4n) is 3.64. The van der Waals surface area contributed by atoms with Crippen molar-refractivity contribution in [3.63, 3.8) is 0 Å². The van der Waals surface area contributed by atoms with Crippen LogP contribution in [0.2, 0.25) is 0 Å². The lowest BCUT2D eigenvalue weighted by Gasteiger charge is -2.25. The Labute approximate surface area is 200 Å². The van der Waals surface area contributed by atoms with Gasteiger partial charge in [0, 0.05) is 23.1 Å². The number of para-hydroxylation sites is 2. The van der Waals surface area contributed by atoms with Gasteiger partial charge in [0.25, 0.3) is 0 Å². The highest BCUT2D eigenvalue weighted by molar-refractivity contribution is 5.81. The monoisotopic (exact) mass is 449 g/mol. The van der Waals surface area contributed by atoms with Crippen molar-refractivity contribution in [1.82, 2.24) is 0 Å². The molecule has 0 aliphatic carbocycles. The summed E-state index contributed by atoms with van der Waals surface area (Å²) in [5.41, 5.74) is 5.51. The van der Waals surface area contributed by atoms with Gasteiger partial charge < -0.3 is 14.4 Å². The third kappa shape index (κ3) is 5.73. The van der Waals surface area contributed by atoms with Crippen LogP contribution in [-0.2, 0) is 9.53 Å². The van der Waals surface area contributed by atoms with E-state index >= 15 is 0 Å². The van der Waals surface area contributed by atoms with Gasteiger partial charge in [0.2, 0.25) is 0 Å². The Morgan fingerprint density at radius 1 is 0.765 bits per heavy atom. The normalized spacial score (nSPS) is 11.3. The van der Waals surface area contributed by atoms with Gasteiger partial charge in [-0.2, -0.15) is 0 Å². The van der Waals surface area contributed by atoms with Gasteiger partial charge in [0.1, 0.15) is 18.5 Å². The van der Waals surface area contributed by atoms with E-state index in [1.807, 2.05) is 60.7 Å². The number of carbonyl (C=O) groups is 1. The molecule has 0 amide bonds. The Balaban J connectivity index is 1.48. The van der Waals surface area contributed by atoms with E-state index < -0.39 is 5.97 Å². The number of hydrogen-bond acceptors (Lipinski definition) is 4. The maximum absolute atomic E-state index is 11.3. The SMILES string of the molecule is C=CC(=O)OC(C)COc1ccc(-c2ccc(N(c3ccccc3)c3ccccc3)cc2)cc1. The van der Waals surface area contributed by atoms with Crippen LogP contribution >= 0.6 is 0 Å². The zero-order valence-corrected chi connectivity index (χ0v) is 19.1. The van der Waals surface area contributed by atoms with Gasteiger partial charge in [0.05, 0.1) is 0 Å². The van der Waals surface area contributed by atoms with Gasteiger partial charge in [-0.3, -0.25) is 0 Å². The molecule has 0 aliphatic heterocycles. The lowest BCUT2D eigenvalue weighted by molar-refractivity contribution is -0.143. The van der Waals surface area contributed by atoms with E-state index in [4.69, 9.17) is 9.47 Å². The van der Waals surface area contributed by atoms with E-state index in [-0.39, 0.29) is 12.7 Å². The molecule has 4 aromatic carbocycles. The van der Waals surface area contributed by atoms with Crippen molar-refractivity contribution in [3.8, 4) is 16.9 Å². The van der Waals surface area contributed by atoms with Crippen LogP contribution in [-0.4, -0.2) is 18.7 Å². The van der Waals surface area contributed by atoms with Crippen LogP contribution in [0.3, 0.4) is 0 Å². The molecule has 34 heavy (non-hydrogen) atoms. The van der Waals surface area contributed by atoms with E-state index in [9.17, 15) is 4.79 Å². The number of hydrogen-bond donors (Lipinski definition) is 0. The summed E-state index contributed by atoms with van der Waals surface area (Å²) in [6, 6.07) is 37.1. The van der Waals surface area contributed by atoms with Gasteiger partial charge >= 0.3 is 5.97 Å². The van der Waals surface area contributed by atoms with Crippen LogP contribution in [0.25, 0.3) is 11.1 Å². The molecule has 0 radical (unpaired) electrons. The minimum Gasteiger partial charge on any atom is -0.490 e. The van der Waals surface area contributed by atoms with Gasteiger partial charge in [-0.05, 0) is 66.6 Å². The first kappa shape index (κ1) is 22.9. The number of esters is 1. The topological polar surface area (TPSA) is 38.8 Å². The summed E-state index contributed by atoms with van der Waals surface area (Å²) in [6.07, 6.45) is 0.796. The quantitative estimate of drug-likeness (QED) is 0.198. The van der Waals surface area contributed by atoms with Crippen LogP contribution in [0.15, 0.2) is 122 Å². The van der Waals surface area contributed by atoms with E-state index in [0.717, 1.165) is 40.0 Å². The summed E-state index contributed by atoms with van der Waals surface area (Å²) >= 11 is 0. The highest BCUT2D eigenvalue weighted by Gasteiger charge is 2.12. The summed E-state index contributed by atoms with van der Waals surface area (Å²) in [5, 5.41) is 0. The summed E-state index contributed by atoms with van der Waals surface area (Å²) in [4.78, 5) is 13.5. The second kappa shape index (κ2) is 11.0. The second-order valence-electron chi connectivity index (χ2n) is 7.84. The molecule has 0 aromatic heterocycles. The summed E-state index contributed by atoms with van der Waals surface area (Å²) < 4.78 is 10.9. The van der Waals surface area contributed by atoms with Crippen molar-refractivity contribution >= 4 is 23.0 Å². The van der Waals surface area contributed by atoms with E-state index in [1.165, 1.54) is 0 Å². The lowest BCUT2D eigenvalue weighted by Crippen LogP contribution is -2.20. The molecule has 4 nitrogen and oxygen atoms in total. The molecule has 1 unspecified atom stereocenters. The molecule has 170 valence electrons. The number of anilines is 3. The standard InChI is InChI=1S/C30H27NO3/c1-3-30(32)34-23(2)22-33-29-20-16-25(17-21-29)24-14-18-28(19-15-24)31(26-10-6-4-7-11-26)27-12-8-5-9-13-27/h3-21,23H,1,22H2,2H3. The molecule has 0 N–H and O–H groups in total. The zero-order chi connectivity index (χ0) is 23.8. The average Bonchev–Trinajstić information content (AvgIpc) is 2.89. The first-order chi connectivity index (χ1) is 16.6. The maximum atomic E-state index is 11.3. The van der Waals surface area contributed by atoms with E-state index in [2.05, 4.69) is 60.0 Å². The van der Waals surface area contributed by atoms with Gasteiger partial charge in [-0.15, -0.1) is 0 Å². The average molecular weight is 450 g/mol.